The molecule has 1 unspecified atom stereocenters. The molecule has 0 aliphatic carbocycles. The molecule has 14 heavy (non-hydrogen) atoms. The highest BCUT2D eigenvalue weighted by Gasteiger charge is 2.09. The molecule has 1 heterocycles. The molecule has 0 saturated carbocycles. The fourth-order valence-corrected chi connectivity index (χ4v) is 1.99. The van der Waals surface area contributed by atoms with Gasteiger partial charge in [0.05, 0.1) is 11.6 Å². The van der Waals surface area contributed by atoms with Crippen LogP contribution in [0.3, 0.4) is 0 Å². The summed E-state index contributed by atoms with van der Waals surface area (Å²) in [6.45, 7) is 0. The predicted molar refractivity (Wildman–Crippen MR) is 59.6 cm³/mol. The third-order valence-electron chi connectivity index (χ3n) is 1.99. The highest BCUT2D eigenvalue weighted by atomic mass is 35.5. The number of hydrogen-bond donors (Lipinski definition) is 1. The van der Waals surface area contributed by atoms with Crippen LogP contribution < -0.4 is 5.73 Å². The van der Waals surface area contributed by atoms with Crippen LogP contribution in [-0.2, 0) is 0 Å². The molecule has 0 spiro atoms. The number of thiazole rings is 1. The third kappa shape index (κ3) is 1.95. The standard InChI is InChI=1S/C10H9ClN2S/c11-8-3-1-7(2-4-8)10(12)9-5-13-6-14-9/h1-6,10H,12H2. The van der Waals surface area contributed by atoms with Crippen molar-refractivity contribution in [3.63, 3.8) is 0 Å². The van der Waals surface area contributed by atoms with Gasteiger partial charge in [0.2, 0.25) is 0 Å². The number of nitrogens with two attached hydrogens (primary N) is 1. The molecular weight excluding hydrogens is 216 g/mol. The minimum absolute atomic E-state index is 0.0974. The van der Waals surface area contributed by atoms with E-state index < -0.39 is 0 Å². The van der Waals surface area contributed by atoms with Crippen molar-refractivity contribution in [3.05, 3.63) is 51.4 Å². The average molecular weight is 225 g/mol. The predicted octanol–water partition coefficient (Wildman–Crippen LogP) is 2.84. The van der Waals surface area contributed by atoms with Gasteiger partial charge in [-0.15, -0.1) is 11.3 Å². The van der Waals surface area contributed by atoms with E-state index in [1.54, 1.807) is 23.0 Å². The Labute approximate surface area is 91.4 Å². The molecule has 1 aromatic carbocycles. The van der Waals surface area contributed by atoms with Crippen molar-refractivity contribution in [3.8, 4) is 0 Å². The first kappa shape index (κ1) is 9.65. The van der Waals surface area contributed by atoms with Gasteiger partial charge in [0.1, 0.15) is 0 Å². The van der Waals surface area contributed by atoms with Gasteiger partial charge in [0.25, 0.3) is 0 Å². The summed E-state index contributed by atoms with van der Waals surface area (Å²) in [6, 6.07) is 7.47. The second-order valence-electron chi connectivity index (χ2n) is 2.93. The van der Waals surface area contributed by atoms with E-state index in [0.29, 0.717) is 0 Å². The number of benzene rings is 1. The Hall–Kier alpha value is -0.900. The maximum Gasteiger partial charge on any atom is 0.0794 e. The number of aromatic nitrogens is 1. The molecular formula is C10H9ClN2S. The average Bonchev–Trinajstić information content (AvgIpc) is 2.71. The molecule has 1 atom stereocenters. The van der Waals surface area contributed by atoms with Crippen molar-refractivity contribution in [2.45, 2.75) is 6.04 Å². The first-order valence-corrected chi connectivity index (χ1v) is 5.42. The molecule has 2 nitrogen and oxygen atoms in total. The van der Waals surface area contributed by atoms with Crippen LogP contribution in [0.2, 0.25) is 5.02 Å². The van der Waals surface area contributed by atoms with E-state index in [2.05, 4.69) is 4.98 Å². The zero-order valence-corrected chi connectivity index (χ0v) is 8.92. The maximum absolute atomic E-state index is 6.04. The van der Waals surface area contributed by atoms with Crippen LogP contribution in [0.15, 0.2) is 36.0 Å². The van der Waals surface area contributed by atoms with Crippen LogP contribution in [-0.4, -0.2) is 4.98 Å². The molecule has 0 bridgehead atoms. The van der Waals surface area contributed by atoms with Crippen molar-refractivity contribution in [2.24, 2.45) is 5.73 Å². The van der Waals surface area contributed by atoms with Crippen molar-refractivity contribution < 1.29 is 0 Å². The van der Waals surface area contributed by atoms with Gasteiger partial charge in [0, 0.05) is 16.1 Å². The van der Waals surface area contributed by atoms with Crippen molar-refractivity contribution in [1.82, 2.24) is 4.98 Å². The lowest BCUT2D eigenvalue weighted by Crippen LogP contribution is -2.09. The van der Waals surface area contributed by atoms with E-state index in [-0.39, 0.29) is 6.04 Å². The maximum atomic E-state index is 6.04. The van der Waals surface area contributed by atoms with Gasteiger partial charge >= 0.3 is 0 Å². The Kier molecular flexibility index (Phi) is 2.82. The zero-order valence-electron chi connectivity index (χ0n) is 7.35. The van der Waals surface area contributed by atoms with Gasteiger partial charge in [-0.1, -0.05) is 23.7 Å². The summed E-state index contributed by atoms with van der Waals surface area (Å²) >= 11 is 7.35. The number of halogens is 1. The summed E-state index contributed by atoms with van der Waals surface area (Å²) in [5, 5.41) is 0.727. The zero-order chi connectivity index (χ0) is 9.97. The number of rotatable bonds is 2. The summed E-state index contributed by atoms with van der Waals surface area (Å²) in [6.07, 6.45) is 1.80. The Morgan fingerprint density at radius 2 is 2.00 bits per heavy atom. The Morgan fingerprint density at radius 3 is 2.57 bits per heavy atom. The summed E-state index contributed by atoms with van der Waals surface area (Å²) in [5.41, 5.74) is 8.88. The van der Waals surface area contributed by atoms with Crippen molar-refractivity contribution in [2.75, 3.05) is 0 Å². The molecule has 2 rings (SSSR count). The summed E-state index contributed by atoms with van der Waals surface area (Å²) in [5.74, 6) is 0. The Bertz CT molecular complexity index is 397. The molecule has 2 N–H and O–H groups in total. The molecule has 2 aromatic rings. The molecule has 4 heteroatoms. The summed E-state index contributed by atoms with van der Waals surface area (Å²) in [4.78, 5) is 5.06. The second-order valence-corrected chi connectivity index (χ2v) is 4.29. The number of nitrogens with zero attached hydrogens (tertiary/aromatic N) is 1. The lowest BCUT2D eigenvalue weighted by Gasteiger charge is -2.08. The first-order valence-electron chi connectivity index (χ1n) is 4.17. The van der Waals surface area contributed by atoms with Crippen LogP contribution in [0.1, 0.15) is 16.5 Å². The van der Waals surface area contributed by atoms with Gasteiger partial charge in [-0.05, 0) is 17.7 Å². The van der Waals surface area contributed by atoms with Crippen LogP contribution in [0.5, 0.6) is 0 Å². The normalized spacial score (nSPS) is 12.7. The Balaban J connectivity index is 2.28. The molecule has 0 saturated heterocycles. The summed E-state index contributed by atoms with van der Waals surface area (Å²) < 4.78 is 0. The van der Waals surface area contributed by atoms with Gasteiger partial charge in [0.15, 0.2) is 0 Å². The monoisotopic (exact) mass is 224 g/mol. The summed E-state index contributed by atoms with van der Waals surface area (Å²) in [7, 11) is 0. The van der Waals surface area contributed by atoms with Crippen molar-refractivity contribution in [1.29, 1.82) is 0 Å². The molecule has 0 amide bonds. The van der Waals surface area contributed by atoms with Crippen LogP contribution in [0, 0.1) is 0 Å². The van der Waals surface area contributed by atoms with E-state index >= 15 is 0 Å². The fourth-order valence-electron chi connectivity index (χ4n) is 1.21. The molecule has 0 aliphatic heterocycles. The van der Waals surface area contributed by atoms with E-state index in [9.17, 15) is 0 Å². The van der Waals surface area contributed by atoms with Crippen LogP contribution in [0.25, 0.3) is 0 Å². The van der Waals surface area contributed by atoms with Crippen LogP contribution in [0.4, 0.5) is 0 Å². The molecule has 1 aromatic heterocycles. The highest BCUT2D eigenvalue weighted by Crippen LogP contribution is 2.23. The number of hydrogen-bond acceptors (Lipinski definition) is 3. The minimum Gasteiger partial charge on any atom is -0.320 e. The molecule has 0 fully saturated rings. The topological polar surface area (TPSA) is 38.9 Å². The van der Waals surface area contributed by atoms with E-state index in [0.717, 1.165) is 15.5 Å². The minimum atomic E-state index is -0.0974. The third-order valence-corrected chi connectivity index (χ3v) is 3.10. The van der Waals surface area contributed by atoms with Crippen molar-refractivity contribution >= 4 is 22.9 Å². The lowest BCUT2D eigenvalue weighted by atomic mass is 10.1. The Morgan fingerprint density at radius 1 is 1.29 bits per heavy atom. The van der Waals surface area contributed by atoms with Gasteiger partial charge < -0.3 is 5.73 Å². The molecule has 72 valence electrons. The lowest BCUT2D eigenvalue weighted by molar-refractivity contribution is 0.889. The van der Waals surface area contributed by atoms with E-state index in [1.165, 1.54) is 0 Å². The van der Waals surface area contributed by atoms with Gasteiger partial charge in [-0.25, -0.2) is 0 Å². The molecule has 0 aliphatic rings. The largest absolute Gasteiger partial charge is 0.320 e. The van der Waals surface area contributed by atoms with E-state index in [1.807, 2.05) is 24.3 Å². The molecule has 0 radical (unpaired) electrons. The highest BCUT2D eigenvalue weighted by molar-refractivity contribution is 7.09. The quantitative estimate of drug-likeness (QED) is 0.852. The van der Waals surface area contributed by atoms with E-state index in [4.69, 9.17) is 17.3 Å². The first-order chi connectivity index (χ1) is 6.77. The van der Waals surface area contributed by atoms with Gasteiger partial charge in [-0.2, -0.15) is 0 Å². The SMILES string of the molecule is NC(c1ccc(Cl)cc1)c1cncs1. The van der Waals surface area contributed by atoms with Crippen LogP contribution >= 0.6 is 22.9 Å². The fraction of sp³-hybridized carbons (Fsp3) is 0.100. The smallest absolute Gasteiger partial charge is 0.0794 e. The van der Waals surface area contributed by atoms with Gasteiger partial charge in [-0.3, -0.25) is 4.98 Å². The second kappa shape index (κ2) is 4.09.